The van der Waals surface area contributed by atoms with Crippen LogP contribution < -0.4 is 0 Å². The molecule has 20 heavy (non-hydrogen) atoms. The van der Waals surface area contributed by atoms with E-state index in [1.54, 1.807) is 12.1 Å². The van der Waals surface area contributed by atoms with Crippen molar-refractivity contribution in [3.63, 3.8) is 0 Å². The largest absolute Gasteiger partial charge is 0.463 e. The number of nitriles is 1. The smallest absolute Gasteiger partial charge is 0.293 e. The first kappa shape index (κ1) is 13.2. The van der Waals surface area contributed by atoms with E-state index in [1.165, 1.54) is 0 Å². The summed E-state index contributed by atoms with van der Waals surface area (Å²) in [7, 11) is 0. The molecule has 5 nitrogen and oxygen atoms in total. The number of rotatable bonds is 1. The van der Waals surface area contributed by atoms with Gasteiger partial charge in [-0.05, 0) is 31.0 Å². The fourth-order valence-electron chi connectivity index (χ4n) is 2.60. The molecule has 1 aromatic rings. The Morgan fingerprint density at radius 1 is 1.55 bits per heavy atom. The number of benzene rings is 1. The van der Waals surface area contributed by atoms with Crippen molar-refractivity contribution in [2.75, 3.05) is 13.2 Å². The van der Waals surface area contributed by atoms with E-state index < -0.39 is 0 Å². The molecular weight excluding hydrogens is 278 g/mol. The van der Waals surface area contributed by atoms with Gasteiger partial charge in [-0.25, -0.2) is 0 Å². The Hall–Kier alpha value is -1.77. The van der Waals surface area contributed by atoms with Gasteiger partial charge in [-0.2, -0.15) is 10.3 Å². The number of ether oxygens (including phenoxy) is 1. The van der Waals surface area contributed by atoms with Crippen LogP contribution in [0.1, 0.15) is 17.5 Å². The van der Waals surface area contributed by atoms with E-state index in [2.05, 4.69) is 4.99 Å². The number of halogens is 1. The van der Waals surface area contributed by atoms with Crippen molar-refractivity contribution in [1.29, 1.82) is 5.26 Å². The Balaban J connectivity index is 1.94. The highest BCUT2D eigenvalue weighted by atomic mass is 35.5. The average molecular weight is 292 g/mol. The molecule has 0 saturated carbocycles. The lowest BCUT2D eigenvalue weighted by molar-refractivity contribution is 0.134. The molecule has 2 atom stereocenters. The minimum atomic E-state index is -0.353. The maximum atomic E-state index is 9.82. The number of aliphatic hydroxyl groups excluding tert-OH is 1. The van der Waals surface area contributed by atoms with E-state index in [9.17, 15) is 5.11 Å². The van der Waals surface area contributed by atoms with E-state index in [0.717, 1.165) is 18.5 Å². The molecule has 0 bridgehead atoms. The molecule has 2 saturated heterocycles. The molecule has 2 heterocycles. The summed E-state index contributed by atoms with van der Waals surface area (Å²) in [5.41, 5.74) is 1.88. The molecule has 6 heteroatoms. The average Bonchev–Trinajstić information content (AvgIpc) is 3.00. The Morgan fingerprint density at radius 2 is 2.35 bits per heavy atom. The third kappa shape index (κ3) is 2.01. The molecule has 1 aromatic carbocycles. The van der Waals surface area contributed by atoms with E-state index in [1.807, 2.05) is 17.9 Å². The van der Waals surface area contributed by atoms with Gasteiger partial charge in [0.25, 0.3) is 6.02 Å². The van der Waals surface area contributed by atoms with Gasteiger partial charge < -0.3 is 14.7 Å². The molecule has 3 rings (SSSR count). The monoisotopic (exact) mass is 291 g/mol. The minimum Gasteiger partial charge on any atom is -0.463 e. The summed E-state index contributed by atoms with van der Waals surface area (Å²) in [5, 5.41) is 19.2. The Labute approximate surface area is 122 Å². The summed E-state index contributed by atoms with van der Waals surface area (Å²) in [4.78, 5) is 6.47. The SMILES string of the molecule is Cc1c(N=C2OCC3C(O)CCN23)ccc(C#N)c1Cl. The van der Waals surface area contributed by atoms with Crippen LogP contribution in [0, 0.1) is 18.3 Å². The molecule has 2 fully saturated rings. The van der Waals surface area contributed by atoms with E-state index >= 15 is 0 Å². The van der Waals surface area contributed by atoms with Gasteiger partial charge in [-0.1, -0.05) is 11.6 Å². The normalized spacial score (nSPS) is 26.5. The van der Waals surface area contributed by atoms with Crippen molar-refractivity contribution >= 4 is 23.3 Å². The van der Waals surface area contributed by atoms with Crippen LogP contribution in [-0.2, 0) is 4.74 Å². The molecule has 0 aromatic heterocycles. The number of nitrogens with zero attached hydrogens (tertiary/aromatic N) is 3. The van der Waals surface area contributed by atoms with Crippen LogP contribution in [0.25, 0.3) is 0 Å². The zero-order chi connectivity index (χ0) is 14.3. The fourth-order valence-corrected chi connectivity index (χ4v) is 2.80. The second-order valence-electron chi connectivity index (χ2n) is 5.01. The highest BCUT2D eigenvalue weighted by Crippen LogP contribution is 2.31. The Morgan fingerprint density at radius 3 is 3.10 bits per heavy atom. The summed E-state index contributed by atoms with van der Waals surface area (Å²) in [5.74, 6) is 0. The molecular formula is C14H14ClN3O2. The lowest BCUT2D eigenvalue weighted by atomic mass is 10.1. The van der Waals surface area contributed by atoms with Gasteiger partial charge in [-0.15, -0.1) is 0 Å². The maximum Gasteiger partial charge on any atom is 0.293 e. The maximum absolute atomic E-state index is 9.82. The van der Waals surface area contributed by atoms with Crippen LogP contribution in [0.5, 0.6) is 0 Å². The van der Waals surface area contributed by atoms with Gasteiger partial charge in [0.15, 0.2) is 0 Å². The lowest BCUT2D eigenvalue weighted by Gasteiger charge is -2.15. The van der Waals surface area contributed by atoms with Crippen LogP contribution in [0.4, 0.5) is 5.69 Å². The van der Waals surface area contributed by atoms with Crippen LogP contribution in [-0.4, -0.2) is 41.3 Å². The number of fused-ring (bicyclic) bond motifs is 1. The van der Waals surface area contributed by atoms with Crippen LogP contribution >= 0.6 is 11.6 Å². The summed E-state index contributed by atoms with van der Waals surface area (Å²) in [6.07, 6.45) is 0.383. The number of amidine groups is 1. The molecule has 0 aliphatic carbocycles. The first-order chi connectivity index (χ1) is 9.61. The second kappa shape index (κ2) is 4.97. The molecule has 2 aliphatic rings. The van der Waals surface area contributed by atoms with Gasteiger partial charge in [-0.3, -0.25) is 0 Å². The standard InChI is InChI=1S/C14H14ClN3O2/c1-8-10(3-2-9(6-16)13(8)15)17-14-18-5-4-12(19)11(18)7-20-14/h2-3,11-12,19H,4-5,7H2,1H3. The fraction of sp³-hybridized carbons (Fsp3) is 0.429. The van der Waals surface area contributed by atoms with Crippen molar-refractivity contribution in [1.82, 2.24) is 4.90 Å². The van der Waals surface area contributed by atoms with Gasteiger partial charge in [0, 0.05) is 6.54 Å². The number of aliphatic imine (C=N–C) groups is 1. The predicted molar refractivity (Wildman–Crippen MR) is 75.1 cm³/mol. The minimum absolute atomic E-state index is 0.00269. The zero-order valence-corrected chi connectivity index (χ0v) is 11.8. The van der Waals surface area contributed by atoms with Crippen molar-refractivity contribution in [2.45, 2.75) is 25.5 Å². The summed E-state index contributed by atoms with van der Waals surface area (Å²) in [6.45, 7) is 3.03. The van der Waals surface area contributed by atoms with Crippen molar-refractivity contribution in [2.24, 2.45) is 4.99 Å². The quantitative estimate of drug-likeness (QED) is 0.859. The number of hydrogen-bond donors (Lipinski definition) is 1. The van der Waals surface area contributed by atoms with Crippen molar-refractivity contribution < 1.29 is 9.84 Å². The topological polar surface area (TPSA) is 68.8 Å². The first-order valence-corrected chi connectivity index (χ1v) is 6.85. The van der Waals surface area contributed by atoms with E-state index in [4.69, 9.17) is 21.6 Å². The third-order valence-electron chi connectivity index (χ3n) is 3.83. The molecule has 0 amide bonds. The van der Waals surface area contributed by atoms with Crippen LogP contribution in [0.3, 0.4) is 0 Å². The van der Waals surface area contributed by atoms with Gasteiger partial charge in [0.1, 0.15) is 12.7 Å². The molecule has 104 valence electrons. The lowest BCUT2D eigenvalue weighted by Crippen LogP contribution is -2.33. The molecule has 2 aliphatic heterocycles. The Bertz CT molecular complexity index is 624. The zero-order valence-electron chi connectivity index (χ0n) is 11.0. The number of aliphatic hydroxyl groups is 1. The highest BCUT2D eigenvalue weighted by molar-refractivity contribution is 6.32. The Kier molecular flexibility index (Phi) is 3.28. The van der Waals surface area contributed by atoms with Gasteiger partial charge in [0.05, 0.1) is 28.4 Å². The van der Waals surface area contributed by atoms with Crippen molar-refractivity contribution in [3.05, 3.63) is 28.3 Å². The summed E-state index contributed by atoms with van der Waals surface area (Å²) in [6, 6.07) is 5.98. The van der Waals surface area contributed by atoms with Gasteiger partial charge in [0.2, 0.25) is 0 Å². The second-order valence-corrected chi connectivity index (χ2v) is 5.38. The third-order valence-corrected chi connectivity index (χ3v) is 4.32. The molecule has 0 spiro atoms. The number of hydrogen-bond acceptors (Lipinski definition) is 4. The van der Waals surface area contributed by atoms with E-state index in [-0.39, 0.29) is 12.1 Å². The van der Waals surface area contributed by atoms with Crippen molar-refractivity contribution in [3.8, 4) is 6.07 Å². The highest BCUT2D eigenvalue weighted by Gasteiger charge is 2.41. The first-order valence-electron chi connectivity index (χ1n) is 6.47. The molecule has 1 N–H and O–H groups in total. The molecule has 2 unspecified atom stereocenters. The van der Waals surface area contributed by atoms with Crippen LogP contribution in [0.15, 0.2) is 17.1 Å². The summed E-state index contributed by atoms with van der Waals surface area (Å²) >= 11 is 6.13. The summed E-state index contributed by atoms with van der Waals surface area (Å²) < 4.78 is 5.55. The predicted octanol–water partition coefficient (Wildman–Crippen LogP) is 1.97. The van der Waals surface area contributed by atoms with Gasteiger partial charge >= 0.3 is 0 Å². The molecule has 0 radical (unpaired) electrons. The van der Waals surface area contributed by atoms with E-state index in [0.29, 0.717) is 28.9 Å². The van der Waals surface area contributed by atoms with Crippen LogP contribution in [0.2, 0.25) is 5.02 Å².